The summed E-state index contributed by atoms with van der Waals surface area (Å²) in [6.07, 6.45) is 0. The fourth-order valence-corrected chi connectivity index (χ4v) is 2.52. The van der Waals surface area contributed by atoms with Crippen molar-refractivity contribution >= 4 is 15.9 Å². The molecule has 1 saturated heterocycles. The van der Waals surface area contributed by atoms with Gasteiger partial charge in [0, 0.05) is 11.0 Å². The van der Waals surface area contributed by atoms with Gasteiger partial charge in [-0.05, 0) is 24.3 Å². The van der Waals surface area contributed by atoms with Crippen molar-refractivity contribution in [1.82, 2.24) is 0 Å². The van der Waals surface area contributed by atoms with E-state index in [1.165, 1.54) is 0 Å². The van der Waals surface area contributed by atoms with Crippen molar-refractivity contribution in [1.29, 1.82) is 0 Å². The van der Waals surface area contributed by atoms with E-state index in [0.717, 1.165) is 11.3 Å². The summed E-state index contributed by atoms with van der Waals surface area (Å²) in [4.78, 5) is 0. The van der Waals surface area contributed by atoms with Crippen LogP contribution in [-0.4, -0.2) is 25.7 Å². The first-order valence-corrected chi connectivity index (χ1v) is 7.12. The van der Waals surface area contributed by atoms with E-state index in [9.17, 15) is 0 Å². The zero-order chi connectivity index (χ0) is 13.2. The highest BCUT2D eigenvalue weighted by Crippen LogP contribution is 2.38. The Hall–Kier alpha value is -0.580. The lowest BCUT2D eigenvalue weighted by atomic mass is 9.93. The summed E-state index contributed by atoms with van der Waals surface area (Å²) in [6, 6.07) is 7.81. The van der Waals surface area contributed by atoms with Crippen molar-refractivity contribution in [2.24, 2.45) is 5.41 Å². The number of methoxy groups -OCH3 is 1. The van der Waals surface area contributed by atoms with Gasteiger partial charge in [-0.15, -0.1) is 0 Å². The van der Waals surface area contributed by atoms with Gasteiger partial charge < -0.3 is 14.2 Å². The van der Waals surface area contributed by atoms with E-state index in [-0.39, 0.29) is 5.41 Å². The van der Waals surface area contributed by atoms with Gasteiger partial charge in [0.05, 0.1) is 25.7 Å². The smallest absolute Gasteiger partial charge is 0.204 e. The maximum Gasteiger partial charge on any atom is 0.204 e. The highest BCUT2D eigenvalue weighted by molar-refractivity contribution is 9.09. The van der Waals surface area contributed by atoms with Gasteiger partial charge in [0.2, 0.25) is 5.79 Å². The average Bonchev–Trinajstić information content (AvgIpc) is 2.40. The number of rotatable bonds is 3. The third kappa shape index (κ3) is 2.71. The van der Waals surface area contributed by atoms with Crippen molar-refractivity contribution in [2.45, 2.75) is 19.6 Å². The van der Waals surface area contributed by atoms with Gasteiger partial charge in [0.25, 0.3) is 0 Å². The quantitative estimate of drug-likeness (QED) is 0.801. The molecule has 18 heavy (non-hydrogen) atoms. The number of hydrogen-bond acceptors (Lipinski definition) is 3. The summed E-state index contributed by atoms with van der Waals surface area (Å²) < 4.78 is 17.1. The lowest BCUT2D eigenvalue weighted by Crippen LogP contribution is -2.46. The summed E-state index contributed by atoms with van der Waals surface area (Å²) in [5, 5.41) is 0.614. The molecule has 1 aromatic rings. The largest absolute Gasteiger partial charge is 0.497 e. The van der Waals surface area contributed by atoms with E-state index in [0.29, 0.717) is 18.5 Å². The van der Waals surface area contributed by atoms with Crippen molar-refractivity contribution < 1.29 is 14.2 Å². The van der Waals surface area contributed by atoms with E-state index in [1.54, 1.807) is 7.11 Å². The van der Waals surface area contributed by atoms with E-state index < -0.39 is 5.79 Å². The Labute approximate surface area is 117 Å². The van der Waals surface area contributed by atoms with Crippen LogP contribution in [0.25, 0.3) is 0 Å². The molecule has 0 saturated carbocycles. The molecule has 1 aliphatic rings. The van der Waals surface area contributed by atoms with Crippen LogP contribution >= 0.6 is 15.9 Å². The normalized spacial score (nSPS) is 21.6. The van der Waals surface area contributed by atoms with Gasteiger partial charge in [-0.25, -0.2) is 0 Å². The van der Waals surface area contributed by atoms with Crippen LogP contribution in [0.1, 0.15) is 19.4 Å². The molecule has 2 rings (SSSR count). The molecule has 3 nitrogen and oxygen atoms in total. The minimum atomic E-state index is -0.679. The Balaban J connectivity index is 2.22. The molecule has 0 spiro atoms. The third-order valence-corrected chi connectivity index (χ3v) is 3.84. The van der Waals surface area contributed by atoms with Crippen LogP contribution in [0.2, 0.25) is 0 Å². The summed E-state index contributed by atoms with van der Waals surface area (Å²) >= 11 is 3.50. The van der Waals surface area contributed by atoms with Gasteiger partial charge >= 0.3 is 0 Å². The fourth-order valence-electron chi connectivity index (χ4n) is 1.87. The molecule has 0 aromatic heterocycles. The molecule has 4 heteroatoms. The number of hydrogen-bond donors (Lipinski definition) is 0. The average molecular weight is 315 g/mol. The Bertz CT molecular complexity index is 390. The number of halogens is 1. The highest BCUT2D eigenvalue weighted by atomic mass is 79.9. The summed E-state index contributed by atoms with van der Waals surface area (Å²) in [7, 11) is 1.66. The SMILES string of the molecule is COc1ccc(C2(CBr)OCC(C)(C)CO2)cc1. The first kappa shape index (κ1) is 13.8. The van der Waals surface area contributed by atoms with Crippen LogP contribution < -0.4 is 4.74 Å². The second-order valence-corrected chi connectivity index (χ2v) is 5.92. The molecule has 0 amide bonds. The highest BCUT2D eigenvalue weighted by Gasteiger charge is 2.41. The van der Waals surface area contributed by atoms with Crippen LogP contribution in [0.15, 0.2) is 24.3 Å². The second-order valence-electron chi connectivity index (χ2n) is 5.36. The van der Waals surface area contributed by atoms with Crippen molar-refractivity contribution in [3.05, 3.63) is 29.8 Å². The van der Waals surface area contributed by atoms with Crippen LogP contribution in [0.5, 0.6) is 5.75 Å². The summed E-state index contributed by atoms with van der Waals surface area (Å²) in [6.45, 7) is 5.65. The van der Waals surface area contributed by atoms with Crippen LogP contribution in [0.4, 0.5) is 0 Å². The molecule has 0 atom stereocenters. The van der Waals surface area contributed by atoms with Crippen molar-refractivity contribution in [3.8, 4) is 5.75 Å². The summed E-state index contributed by atoms with van der Waals surface area (Å²) in [5.74, 6) is 0.154. The van der Waals surface area contributed by atoms with Crippen molar-refractivity contribution in [2.75, 3.05) is 25.7 Å². The Morgan fingerprint density at radius 1 is 1.17 bits per heavy atom. The predicted molar refractivity (Wildman–Crippen MR) is 74.2 cm³/mol. The molecule has 0 N–H and O–H groups in total. The van der Waals surface area contributed by atoms with Gasteiger partial charge in [0.15, 0.2) is 0 Å². The molecule has 0 unspecified atom stereocenters. The lowest BCUT2D eigenvalue weighted by molar-refractivity contribution is -0.294. The Kier molecular flexibility index (Phi) is 3.99. The van der Waals surface area contributed by atoms with Crippen molar-refractivity contribution in [3.63, 3.8) is 0 Å². The Morgan fingerprint density at radius 2 is 1.72 bits per heavy atom. The van der Waals surface area contributed by atoms with E-state index in [4.69, 9.17) is 14.2 Å². The van der Waals surface area contributed by atoms with Crippen LogP contribution in [0.3, 0.4) is 0 Å². The first-order valence-electron chi connectivity index (χ1n) is 6.00. The molecule has 1 heterocycles. The van der Waals surface area contributed by atoms with Gasteiger partial charge in [-0.2, -0.15) is 0 Å². The zero-order valence-electron chi connectivity index (χ0n) is 11.0. The number of alkyl halides is 1. The lowest BCUT2D eigenvalue weighted by Gasteiger charge is -2.42. The number of benzene rings is 1. The molecule has 0 radical (unpaired) electrons. The van der Waals surface area contributed by atoms with E-state index >= 15 is 0 Å². The third-order valence-electron chi connectivity index (χ3n) is 3.10. The molecule has 0 bridgehead atoms. The molecule has 100 valence electrons. The van der Waals surface area contributed by atoms with E-state index in [2.05, 4.69) is 29.8 Å². The maximum absolute atomic E-state index is 5.98. The van der Waals surface area contributed by atoms with Gasteiger partial charge in [-0.3, -0.25) is 0 Å². The van der Waals surface area contributed by atoms with E-state index in [1.807, 2.05) is 24.3 Å². The minimum Gasteiger partial charge on any atom is -0.497 e. The molecular weight excluding hydrogens is 296 g/mol. The first-order chi connectivity index (χ1) is 8.51. The fraction of sp³-hybridized carbons (Fsp3) is 0.571. The minimum absolute atomic E-state index is 0.0676. The molecule has 1 fully saturated rings. The molecule has 1 aliphatic heterocycles. The Morgan fingerprint density at radius 3 is 2.17 bits per heavy atom. The second kappa shape index (κ2) is 5.19. The monoisotopic (exact) mass is 314 g/mol. The van der Waals surface area contributed by atoms with Gasteiger partial charge in [-0.1, -0.05) is 29.8 Å². The number of ether oxygens (including phenoxy) is 3. The molecule has 0 aliphatic carbocycles. The zero-order valence-corrected chi connectivity index (χ0v) is 12.6. The van der Waals surface area contributed by atoms with Gasteiger partial charge in [0.1, 0.15) is 5.75 Å². The molecular formula is C14H19BrO3. The standard InChI is InChI=1S/C14H19BrO3/c1-13(2)9-17-14(8-15,18-10-13)11-4-6-12(16-3)7-5-11/h4-7H,8-10H2,1-3H3. The summed E-state index contributed by atoms with van der Waals surface area (Å²) in [5.41, 5.74) is 1.08. The predicted octanol–water partition coefficient (Wildman–Crippen LogP) is 3.32. The molecule has 1 aromatic carbocycles. The van der Waals surface area contributed by atoms with Crippen LogP contribution in [0, 0.1) is 5.41 Å². The maximum atomic E-state index is 5.98. The van der Waals surface area contributed by atoms with Crippen LogP contribution in [-0.2, 0) is 15.3 Å². The topological polar surface area (TPSA) is 27.7 Å².